The Morgan fingerprint density at radius 3 is 2.46 bits per heavy atom. The Morgan fingerprint density at radius 1 is 1.11 bits per heavy atom. The molecule has 0 spiro atoms. The second kappa shape index (κ2) is 8.76. The van der Waals surface area contributed by atoms with Crippen molar-refractivity contribution in [2.75, 3.05) is 32.2 Å². The highest BCUT2D eigenvalue weighted by molar-refractivity contribution is 6.04. The Bertz CT molecular complexity index is 778. The molecule has 28 heavy (non-hydrogen) atoms. The molecule has 1 saturated heterocycles. The highest BCUT2D eigenvalue weighted by Crippen LogP contribution is 2.30. The van der Waals surface area contributed by atoms with Gasteiger partial charge in [0.15, 0.2) is 0 Å². The predicted octanol–water partition coefficient (Wildman–Crippen LogP) is 3.95. The summed E-state index contributed by atoms with van der Waals surface area (Å²) in [6.45, 7) is 3.86. The molecule has 5 nitrogen and oxygen atoms in total. The fraction of sp³-hybridized carbons (Fsp3) is 0.435. The van der Waals surface area contributed by atoms with Crippen LogP contribution in [-0.2, 0) is 11.3 Å². The maximum atomic E-state index is 12.5. The Balaban J connectivity index is 1.34. The van der Waals surface area contributed by atoms with Crippen LogP contribution in [0.1, 0.15) is 35.2 Å². The number of benzene rings is 2. The quantitative estimate of drug-likeness (QED) is 0.753. The van der Waals surface area contributed by atoms with Crippen molar-refractivity contribution in [3.63, 3.8) is 0 Å². The van der Waals surface area contributed by atoms with Crippen LogP contribution in [0.15, 0.2) is 48.5 Å². The van der Waals surface area contributed by atoms with E-state index in [4.69, 9.17) is 9.47 Å². The number of carbonyl (C=O) groups is 1. The summed E-state index contributed by atoms with van der Waals surface area (Å²) in [7, 11) is 1.63. The molecule has 2 aromatic carbocycles. The molecule has 1 saturated carbocycles. The number of hydrogen-bond donors (Lipinski definition) is 1. The normalized spacial score (nSPS) is 19.0. The lowest BCUT2D eigenvalue weighted by Crippen LogP contribution is -2.31. The Kier molecular flexibility index (Phi) is 5.93. The average Bonchev–Trinajstić information content (AvgIpc) is 3.45. The van der Waals surface area contributed by atoms with E-state index in [-0.39, 0.29) is 5.91 Å². The Labute approximate surface area is 166 Å². The summed E-state index contributed by atoms with van der Waals surface area (Å²) in [6.07, 6.45) is 3.78. The number of hydrogen-bond acceptors (Lipinski definition) is 4. The molecule has 1 N–H and O–H groups in total. The number of methoxy groups -OCH3 is 1. The SMILES string of the molecule is COc1ccc(NC(=O)c2ccc(CN(C[C@@H]3CCOC3)C3CC3)cc2)cc1. The van der Waals surface area contributed by atoms with E-state index >= 15 is 0 Å². The van der Waals surface area contributed by atoms with Gasteiger partial charge in [-0.1, -0.05) is 12.1 Å². The third-order valence-corrected chi connectivity index (χ3v) is 5.53. The molecule has 5 heteroatoms. The third kappa shape index (κ3) is 4.91. The van der Waals surface area contributed by atoms with E-state index in [1.165, 1.54) is 24.8 Å². The molecule has 2 aromatic rings. The number of nitrogens with zero attached hydrogens (tertiary/aromatic N) is 1. The molecule has 0 unspecified atom stereocenters. The number of anilines is 1. The first-order valence-electron chi connectivity index (χ1n) is 10.1. The zero-order valence-corrected chi connectivity index (χ0v) is 16.4. The number of nitrogens with one attached hydrogen (secondary N) is 1. The molecular formula is C23H28N2O3. The minimum Gasteiger partial charge on any atom is -0.497 e. The van der Waals surface area contributed by atoms with Crippen molar-refractivity contribution in [2.45, 2.75) is 31.8 Å². The molecule has 0 radical (unpaired) electrons. The van der Waals surface area contributed by atoms with Crippen LogP contribution in [0, 0.1) is 5.92 Å². The Morgan fingerprint density at radius 2 is 1.86 bits per heavy atom. The van der Waals surface area contributed by atoms with Crippen molar-refractivity contribution in [1.82, 2.24) is 4.90 Å². The first-order chi connectivity index (χ1) is 13.7. The van der Waals surface area contributed by atoms with Gasteiger partial charge in [-0.3, -0.25) is 9.69 Å². The smallest absolute Gasteiger partial charge is 0.255 e. The lowest BCUT2D eigenvalue weighted by atomic mass is 10.1. The van der Waals surface area contributed by atoms with Crippen LogP contribution in [0.25, 0.3) is 0 Å². The highest BCUT2D eigenvalue weighted by atomic mass is 16.5. The first kappa shape index (κ1) is 19.0. The number of ether oxygens (including phenoxy) is 2. The van der Waals surface area contributed by atoms with Crippen molar-refractivity contribution in [1.29, 1.82) is 0 Å². The maximum Gasteiger partial charge on any atom is 0.255 e. The van der Waals surface area contributed by atoms with Crippen molar-refractivity contribution in [3.8, 4) is 5.75 Å². The number of carbonyl (C=O) groups excluding carboxylic acids is 1. The standard InChI is InChI=1S/C23H28N2O3/c1-27-22-10-6-20(7-11-22)24-23(26)19-4-2-17(3-5-19)14-25(21-8-9-21)15-18-12-13-28-16-18/h2-7,10-11,18,21H,8-9,12-16H2,1H3,(H,24,26)/t18-/m0/s1. The van der Waals surface area contributed by atoms with Gasteiger partial charge < -0.3 is 14.8 Å². The van der Waals surface area contributed by atoms with Gasteiger partial charge in [0.1, 0.15) is 5.75 Å². The van der Waals surface area contributed by atoms with Gasteiger partial charge in [0.05, 0.1) is 13.7 Å². The van der Waals surface area contributed by atoms with Crippen LogP contribution in [0.3, 0.4) is 0 Å². The fourth-order valence-corrected chi connectivity index (χ4v) is 3.72. The molecule has 0 bridgehead atoms. The maximum absolute atomic E-state index is 12.5. The summed E-state index contributed by atoms with van der Waals surface area (Å²) >= 11 is 0. The van der Waals surface area contributed by atoms with Crippen LogP contribution < -0.4 is 10.1 Å². The van der Waals surface area contributed by atoms with E-state index in [9.17, 15) is 4.79 Å². The third-order valence-electron chi connectivity index (χ3n) is 5.53. The monoisotopic (exact) mass is 380 g/mol. The molecule has 0 aromatic heterocycles. The minimum absolute atomic E-state index is 0.0983. The summed E-state index contributed by atoms with van der Waals surface area (Å²) in [6, 6.07) is 16.0. The van der Waals surface area contributed by atoms with Crippen molar-refractivity contribution < 1.29 is 14.3 Å². The second-order valence-electron chi connectivity index (χ2n) is 7.77. The number of rotatable bonds is 8. The lowest BCUT2D eigenvalue weighted by Gasteiger charge is -2.25. The molecular weight excluding hydrogens is 352 g/mol. The second-order valence-corrected chi connectivity index (χ2v) is 7.77. The van der Waals surface area contributed by atoms with E-state index in [0.29, 0.717) is 11.5 Å². The van der Waals surface area contributed by atoms with Gasteiger partial charge in [-0.05, 0) is 67.1 Å². The van der Waals surface area contributed by atoms with Crippen molar-refractivity contribution in [2.24, 2.45) is 5.92 Å². The average molecular weight is 380 g/mol. The van der Waals surface area contributed by atoms with Gasteiger partial charge in [-0.2, -0.15) is 0 Å². The molecule has 1 amide bonds. The summed E-state index contributed by atoms with van der Waals surface area (Å²) < 4.78 is 10.7. The molecule has 2 aliphatic rings. The van der Waals surface area contributed by atoms with Gasteiger partial charge in [-0.15, -0.1) is 0 Å². The van der Waals surface area contributed by atoms with E-state index in [1.807, 2.05) is 36.4 Å². The van der Waals surface area contributed by atoms with Crippen LogP contribution in [0.4, 0.5) is 5.69 Å². The van der Waals surface area contributed by atoms with Gasteiger partial charge in [0.25, 0.3) is 5.91 Å². The van der Waals surface area contributed by atoms with E-state index in [1.54, 1.807) is 7.11 Å². The van der Waals surface area contributed by atoms with Crippen molar-refractivity contribution in [3.05, 3.63) is 59.7 Å². The van der Waals surface area contributed by atoms with Crippen LogP contribution in [0.5, 0.6) is 5.75 Å². The summed E-state index contributed by atoms with van der Waals surface area (Å²) in [5.41, 5.74) is 2.68. The summed E-state index contributed by atoms with van der Waals surface area (Å²) in [5, 5.41) is 2.93. The first-order valence-corrected chi connectivity index (χ1v) is 10.1. The molecule has 1 atom stereocenters. The molecule has 4 rings (SSSR count). The van der Waals surface area contributed by atoms with Gasteiger partial charge >= 0.3 is 0 Å². The fourth-order valence-electron chi connectivity index (χ4n) is 3.72. The lowest BCUT2D eigenvalue weighted by molar-refractivity contribution is 0.102. The van der Waals surface area contributed by atoms with E-state index in [0.717, 1.165) is 43.8 Å². The van der Waals surface area contributed by atoms with Crippen LogP contribution in [0.2, 0.25) is 0 Å². The molecule has 1 aliphatic heterocycles. The molecule has 148 valence electrons. The molecule has 2 fully saturated rings. The molecule has 1 aliphatic carbocycles. The van der Waals surface area contributed by atoms with Crippen LogP contribution >= 0.6 is 0 Å². The van der Waals surface area contributed by atoms with Crippen molar-refractivity contribution >= 4 is 11.6 Å². The summed E-state index contributed by atoms with van der Waals surface area (Å²) in [4.78, 5) is 15.1. The molecule has 1 heterocycles. The minimum atomic E-state index is -0.0983. The zero-order chi connectivity index (χ0) is 19.3. The largest absolute Gasteiger partial charge is 0.497 e. The van der Waals surface area contributed by atoms with Gasteiger partial charge in [0, 0.05) is 37.0 Å². The zero-order valence-electron chi connectivity index (χ0n) is 16.4. The number of amides is 1. The van der Waals surface area contributed by atoms with Gasteiger partial charge in [0.2, 0.25) is 0 Å². The Hall–Kier alpha value is -2.37. The topological polar surface area (TPSA) is 50.8 Å². The predicted molar refractivity (Wildman–Crippen MR) is 110 cm³/mol. The van der Waals surface area contributed by atoms with E-state index in [2.05, 4.69) is 22.3 Å². The summed E-state index contributed by atoms with van der Waals surface area (Å²) in [5.74, 6) is 1.33. The highest BCUT2D eigenvalue weighted by Gasteiger charge is 2.31. The van der Waals surface area contributed by atoms with Crippen LogP contribution in [-0.4, -0.2) is 43.7 Å². The van der Waals surface area contributed by atoms with Gasteiger partial charge in [-0.25, -0.2) is 0 Å². The van der Waals surface area contributed by atoms with E-state index < -0.39 is 0 Å².